The van der Waals surface area contributed by atoms with Gasteiger partial charge in [-0.2, -0.15) is 0 Å². The second kappa shape index (κ2) is 44.8. The largest absolute Gasteiger partial charge is 0.394 e. The molecule has 9 N–H and O–H groups in total. The average molecular weight is 1040 g/mol. The molecule has 424 valence electrons. The van der Waals surface area contributed by atoms with Gasteiger partial charge in [-0.05, 0) is 57.8 Å². The van der Waals surface area contributed by atoms with Crippen LogP contribution in [0.1, 0.15) is 213 Å². The minimum absolute atomic E-state index is 0.246. The summed E-state index contributed by atoms with van der Waals surface area (Å²) in [5, 5.41) is 87.0. The Hall–Kier alpha value is -2.31. The normalized spacial score (nSPS) is 25.8. The van der Waals surface area contributed by atoms with Crippen LogP contribution in [0.15, 0.2) is 60.8 Å². The second-order valence-electron chi connectivity index (χ2n) is 20.4. The Morgan fingerprint density at radius 3 is 1.45 bits per heavy atom. The quantitative estimate of drug-likeness (QED) is 0.0205. The number of ether oxygens (including phenoxy) is 4. The SMILES string of the molecule is CC/C=C\C/C=C\C/C=C\C/C=C\CCCCCCCCCCCCC(=O)NC(COC1OC(CO)C(OC2OC(CO)C(O)C(O)C2O)C(O)C1O)C(O)/C=C/CCCCCCCCCCCCCCCC. The van der Waals surface area contributed by atoms with Crippen LogP contribution in [0.2, 0.25) is 0 Å². The summed E-state index contributed by atoms with van der Waals surface area (Å²) in [4.78, 5) is 13.2. The van der Waals surface area contributed by atoms with Crippen molar-refractivity contribution in [2.24, 2.45) is 0 Å². The van der Waals surface area contributed by atoms with E-state index < -0.39 is 86.8 Å². The molecular weight excluding hydrogens is 931 g/mol. The first-order valence-electron chi connectivity index (χ1n) is 29.0. The van der Waals surface area contributed by atoms with Crippen LogP contribution < -0.4 is 5.32 Å². The highest BCUT2D eigenvalue weighted by molar-refractivity contribution is 5.76. The van der Waals surface area contributed by atoms with Crippen molar-refractivity contribution in [3.05, 3.63) is 60.8 Å². The van der Waals surface area contributed by atoms with E-state index in [1.165, 1.54) is 116 Å². The van der Waals surface area contributed by atoms with Crippen LogP contribution in [0.4, 0.5) is 0 Å². The van der Waals surface area contributed by atoms with E-state index in [0.29, 0.717) is 6.42 Å². The molecule has 0 aromatic carbocycles. The Labute approximate surface area is 441 Å². The Kier molecular flexibility index (Phi) is 41.0. The third-order valence-corrected chi connectivity index (χ3v) is 14.0. The Morgan fingerprint density at radius 2 is 0.945 bits per heavy atom. The van der Waals surface area contributed by atoms with E-state index in [-0.39, 0.29) is 18.9 Å². The molecule has 2 heterocycles. The van der Waals surface area contributed by atoms with Crippen molar-refractivity contribution < 1.29 is 64.6 Å². The summed E-state index contributed by atoms with van der Waals surface area (Å²) in [7, 11) is 0. The Morgan fingerprint density at radius 1 is 0.507 bits per heavy atom. The van der Waals surface area contributed by atoms with E-state index >= 15 is 0 Å². The van der Waals surface area contributed by atoms with Gasteiger partial charge in [-0.3, -0.25) is 4.79 Å². The minimum Gasteiger partial charge on any atom is -0.394 e. The van der Waals surface area contributed by atoms with Crippen molar-refractivity contribution in [2.45, 2.75) is 286 Å². The summed E-state index contributed by atoms with van der Waals surface area (Å²) >= 11 is 0. The van der Waals surface area contributed by atoms with Crippen molar-refractivity contribution in [3.8, 4) is 0 Å². The van der Waals surface area contributed by atoms with Gasteiger partial charge in [0, 0.05) is 6.42 Å². The minimum atomic E-state index is -1.79. The molecule has 2 fully saturated rings. The molecule has 2 saturated heterocycles. The van der Waals surface area contributed by atoms with E-state index in [2.05, 4.69) is 67.8 Å². The number of rotatable bonds is 45. The van der Waals surface area contributed by atoms with Crippen LogP contribution in [-0.2, 0) is 23.7 Å². The number of aliphatic hydroxyl groups is 8. The Balaban J connectivity index is 1.77. The van der Waals surface area contributed by atoms with E-state index in [1.807, 2.05) is 6.08 Å². The molecule has 0 spiro atoms. The van der Waals surface area contributed by atoms with Crippen molar-refractivity contribution in [2.75, 3.05) is 19.8 Å². The summed E-state index contributed by atoms with van der Waals surface area (Å²) in [6.45, 7) is 2.68. The maximum atomic E-state index is 13.2. The molecule has 14 heteroatoms. The number of carbonyl (C=O) groups is 1. The third kappa shape index (κ3) is 30.9. The molecule has 0 aromatic heterocycles. The maximum absolute atomic E-state index is 13.2. The van der Waals surface area contributed by atoms with Gasteiger partial charge in [-0.15, -0.1) is 0 Å². The monoisotopic (exact) mass is 1040 g/mol. The third-order valence-electron chi connectivity index (χ3n) is 14.0. The molecule has 0 bridgehead atoms. The first kappa shape index (κ1) is 66.8. The molecule has 12 atom stereocenters. The molecule has 0 aromatic rings. The van der Waals surface area contributed by atoms with Gasteiger partial charge in [0.2, 0.25) is 5.91 Å². The van der Waals surface area contributed by atoms with Crippen molar-refractivity contribution in [1.29, 1.82) is 0 Å². The van der Waals surface area contributed by atoms with Crippen LogP contribution in [-0.4, -0.2) is 140 Å². The molecular formula is C59H105NO13. The number of hydrogen-bond acceptors (Lipinski definition) is 13. The topological polar surface area (TPSA) is 228 Å². The lowest BCUT2D eigenvalue weighted by atomic mass is 9.97. The number of hydrogen-bond donors (Lipinski definition) is 9. The fourth-order valence-corrected chi connectivity index (χ4v) is 9.28. The summed E-state index contributed by atoms with van der Waals surface area (Å²) in [5.41, 5.74) is 0. The molecule has 2 aliphatic rings. The molecule has 0 saturated carbocycles. The van der Waals surface area contributed by atoms with Gasteiger partial charge in [0.25, 0.3) is 0 Å². The number of unbranched alkanes of at least 4 members (excludes halogenated alkanes) is 24. The lowest BCUT2D eigenvalue weighted by Gasteiger charge is -2.46. The van der Waals surface area contributed by atoms with Gasteiger partial charge in [0.15, 0.2) is 12.6 Å². The van der Waals surface area contributed by atoms with Crippen LogP contribution >= 0.6 is 0 Å². The van der Waals surface area contributed by atoms with Crippen LogP contribution in [0.25, 0.3) is 0 Å². The van der Waals surface area contributed by atoms with Gasteiger partial charge in [0.05, 0.1) is 32.0 Å². The smallest absolute Gasteiger partial charge is 0.220 e. The summed E-state index contributed by atoms with van der Waals surface area (Å²) in [5.74, 6) is -0.246. The van der Waals surface area contributed by atoms with E-state index in [1.54, 1.807) is 6.08 Å². The molecule has 2 rings (SSSR count). The molecule has 12 unspecified atom stereocenters. The fraction of sp³-hybridized carbons (Fsp3) is 0.814. The fourth-order valence-electron chi connectivity index (χ4n) is 9.28. The first-order valence-corrected chi connectivity index (χ1v) is 29.0. The van der Waals surface area contributed by atoms with Gasteiger partial charge < -0.3 is 65.1 Å². The van der Waals surface area contributed by atoms with Gasteiger partial charge in [-0.25, -0.2) is 0 Å². The van der Waals surface area contributed by atoms with Crippen molar-refractivity contribution in [3.63, 3.8) is 0 Å². The van der Waals surface area contributed by atoms with Crippen molar-refractivity contribution >= 4 is 5.91 Å². The van der Waals surface area contributed by atoms with Gasteiger partial charge in [-0.1, -0.05) is 209 Å². The van der Waals surface area contributed by atoms with E-state index in [9.17, 15) is 45.6 Å². The van der Waals surface area contributed by atoms with Crippen LogP contribution in [0.3, 0.4) is 0 Å². The van der Waals surface area contributed by atoms with Crippen LogP contribution in [0.5, 0.6) is 0 Å². The highest BCUT2D eigenvalue weighted by Gasteiger charge is 2.51. The zero-order valence-corrected chi connectivity index (χ0v) is 45.4. The number of amides is 1. The average Bonchev–Trinajstić information content (AvgIpc) is 3.39. The van der Waals surface area contributed by atoms with Crippen molar-refractivity contribution in [1.82, 2.24) is 5.32 Å². The van der Waals surface area contributed by atoms with Gasteiger partial charge in [0.1, 0.15) is 48.8 Å². The Bertz CT molecular complexity index is 1450. The lowest BCUT2D eigenvalue weighted by Crippen LogP contribution is -2.65. The summed E-state index contributed by atoms with van der Waals surface area (Å²) < 4.78 is 22.8. The lowest BCUT2D eigenvalue weighted by molar-refractivity contribution is -0.359. The van der Waals surface area contributed by atoms with E-state index in [0.717, 1.165) is 70.6 Å². The number of carbonyl (C=O) groups excluding carboxylic acids is 1. The standard InChI is InChI=1S/C59H105NO13/c1-3-5-7-9-11-13-15-17-19-21-22-23-24-25-26-27-29-31-33-35-37-39-41-43-51(64)60-47(48(63)42-40-38-36-34-32-30-28-20-18-16-14-12-10-8-6-4-2)46-70-58-56(69)54(67)57(50(45-62)72-58)73-59-55(68)53(66)52(65)49(44-61)71-59/h5,7,11,13,17,19,22-23,40,42,47-50,52-59,61-63,65-69H,3-4,6,8-10,12,14-16,18,20-21,24-39,41,43-46H2,1-2H3,(H,60,64)/b7-5-,13-11-,19-17-,23-22-,42-40+. The highest BCUT2D eigenvalue weighted by atomic mass is 16.7. The number of aliphatic hydroxyl groups excluding tert-OH is 8. The molecule has 0 aliphatic carbocycles. The highest BCUT2D eigenvalue weighted by Crippen LogP contribution is 2.30. The van der Waals surface area contributed by atoms with E-state index in [4.69, 9.17) is 18.9 Å². The molecule has 2 aliphatic heterocycles. The summed E-state index contributed by atoms with van der Waals surface area (Å²) in [6, 6.07) is -0.919. The molecule has 14 nitrogen and oxygen atoms in total. The molecule has 73 heavy (non-hydrogen) atoms. The zero-order chi connectivity index (χ0) is 53.2. The number of allylic oxidation sites excluding steroid dienone is 9. The van der Waals surface area contributed by atoms with Crippen LogP contribution in [0, 0.1) is 0 Å². The molecule has 1 amide bonds. The molecule has 0 radical (unpaired) electrons. The van der Waals surface area contributed by atoms with Gasteiger partial charge >= 0.3 is 0 Å². The second-order valence-corrected chi connectivity index (χ2v) is 20.4. The maximum Gasteiger partial charge on any atom is 0.220 e. The zero-order valence-electron chi connectivity index (χ0n) is 45.4. The first-order chi connectivity index (χ1) is 35.6. The summed E-state index contributed by atoms with van der Waals surface area (Å²) in [6.07, 6.45) is 39.6. The predicted octanol–water partition coefficient (Wildman–Crippen LogP) is 9.39. The predicted molar refractivity (Wildman–Crippen MR) is 290 cm³/mol. The number of nitrogens with one attached hydrogen (secondary N) is 1.